The van der Waals surface area contributed by atoms with Gasteiger partial charge in [0, 0.05) is 31.4 Å². The Hall–Kier alpha value is -1.22. The summed E-state index contributed by atoms with van der Waals surface area (Å²) in [6.07, 6.45) is 8.03. The molecule has 3 heteroatoms. The van der Waals surface area contributed by atoms with Crippen LogP contribution in [0.3, 0.4) is 0 Å². The maximum atomic E-state index is 5.87. The Morgan fingerprint density at radius 3 is 2.47 bits per heavy atom. The molecular weight excluding hydrogens is 236 g/mol. The van der Waals surface area contributed by atoms with Crippen LogP contribution in [0.1, 0.15) is 44.1 Å². The van der Waals surface area contributed by atoms with Gasteiger partial charge >= 0.3 is 0 Å². The molecule has 0 aliphatic heterocycles. The van der Waals surface area contributed by atoms with Crippen molar-refractivity contribution in [2.24, 2.45) is 5.73 Å². The maximum absolute atomic E-state index is 5.87. The molecule has 0 aromatic heterocycles. The summed E-state index contributed by atoms with van der Waals surface area (Å²) in [5.41, 5.74) is 8.30. The van der Waals surface area contributed by atoms with Gasteiger partial charge in [-0.3, -0.25) is 0 Å². The van der Waals surface area contributed by atoms with Crippen LogP contribution < -0.4 is 15.4 Å². The molecule has 1 aromatic carbocycles. The predicted octanol–water partition coefficient (Wildman–Crippen LogP) is 3.31. The monoisotopic (exact) mass is 262 g/mol. The van der Waals surface area contributed by atoms with Crippen LogP contribution in [-0.2, 0) is 6.54 Å². The summed E-state index contributed by atoms with van der Waals surface area (Å²) in [5.74, 6) is 0.910. The Bertz CT molecular complexity index is 398. The molecule has 106 valence electrons. The fourth-order valence-corrected chi connectivity index (χ4v) is 3.01. The topological polar surface area (TPSA) is 38.5 Å². The summed E-state index contributed by atoms with van der Waals surface area (Å²) < 4.78 is 5.35. The number of ether oxygens (including phenoxy) is 1. The zero-order valence-electron chi connectivity index (χ0n) is 12.2. The van der Waals surface area contributed by atoms with Crippen LogP contribution >= 0.6 is 0 Å². The van der Waals surface area contributed by atoms with Crippen LogP contribution in [0.15, 0.2) is 18.2 Å². The van der Waals surface area contributed by atoms with Crippen LogP contribution in [-0.4, -0.2) is 20.2 Å². The Morgan fingerprint density at radius 1 is 1.21 bits per heavy atom. The van der Waals surface area contributed by atoms with Gasteiger partial charge < -0.3 is 15.4 Å². The number of hydrogen-bond donors (Lipinski definition) is 1. The van der Waals surface area contributed by atoms with E-state index in [2.05, 4.69) is 24.1 Å². The number of nitrogens with zero attached hydrogens (tertiary/aromatic N) is 1. The number of benzene rings is 1. The number of methoxy groups -OCH3 is 1. The lowest BCUT2D eigenvalue weighted by molar-refractivity contribution is 0.414. The van der Waals surface area contributed by atoms with Crippen molar-refractivity contribution in [3.8, 4) is 5.75 Å². The minimum Gasteiger partial charge on any atom is -0.497 e. The standard InChI is InChI=1S/C16H26N2O/c1-18(14-7-5-3-4-6-8-14)16-11-15(19-2)10-9-13(16)12-17/h9-11,14H,3-8,12,17H2,1-2H3. The van der Waals surface area contributed by atoms with Gasteiger partial charge in [-0.05, 0) is 24.5 Å². The first kappa shape index (κ1) is 14.2. The third-order valence-corrected chi connectivity index (χ3v) is 4.26. The molecule has 2 N–H and O–H groups in total. The predicted molar refractivity (Wildman–Crippen MR) is 80.8 cm³/mol. The molecule has 1 aromatic rings. The second-order valence-electron chi connectivity index (χ2n) is 5.46. The van der Waals surface area contributed by atoms with E-state index in [-0.39, 0.29) is 0 Å². The average molecular weight is 262 g/mol. The van der Waals surface area contributed by atoms with E-state index in [9.17, 15) is 0 Å². The van der Waals surface area contributed by atoms with E-state index < -0.39 is 0 Å². The zero-order chi connectivity index (χ0) is 13.7. The van der Waals surface area contributed by atoms with Crippen LogP contribution in [0.4, 0.5) is 5.69 Å². The number of anilines is 1. The molecule has 1 saturated carbocycles. The number of nitrogens with two attached hydrogens (primary N) is 1. The van der Waals surface area contributed by atoms with Crippen LogP contribution in [0.5, 0.6) is 5.75 Å². The minimum absolute atomic E-state index is 0.580. The Morgan fingerprint density at radius 2 is 1.89 bits per heavy atom. The fraction of sp³-hybridized carbons (Fsp3) is 0.625. The molecular formula is C16H26N2O. The highest BCUT2D eigenvalue weighted by Crippen LogP contribution is 2.30. The molecule has 0 amide bonds. The Kier molecular flexibility index (Phi) is 5.08. The summed E-state index contributed by atoms with van der Waals surface area (Å²) in [6, 6.07) is 6.83. The summed E-state index contributed by atoms with van der Waals surface area (Å²) in [5, 5.41) is 0. The van der Waals surface area contributed by atoms with E-state index in [4.69, 9.17) is 10.5 Å². The lowest BCUT2D eigenvalue weighted by Gasteiger charge is -2.31. The van der Waals surface area contributed by atoms with E-state index in [1.54, 1.807) is 7.11 Å². The van der Waals surface area contributed by atoms with E-state index in [1.807, 2.05) is 6.07 Å². The molecule has 1 aliphatic rings. The van der Waals surface area contributed by atoms with Crippen LogP contribution in [0, 0.1) is 0 Å². The molecule has 0 spiro atoms. The lowest BCUT2D eigenvalue weighted by atomic mass is 10.0. The summed E-state index contributed by atoms with van der Waals surface area (Å²) in [6.45, 7) is 0.580. The van der Waals surface area contributed by atoms with Crippen molar-refractivity contribution in [3.05, 3.63) is 23.8 Å². The molecule has 1 fully saturated rings. The largest absolute Gasteiger partial charge is 0.497 e. The summed E-state index contributed by atoms with van der Waals surface area (Å²) in [4.78, 5) is 2.41. The van der Waals surface area contributed by atoms with Gasteiger partial charge in [0.2, 0.25) is 0 Å². The summed E-state index contributed by atoms with van der Waals surface area (Å²) in [7, 11) is 3.91. The van der Waals surface area contributed by atoms with Crippen LogP contribution in [0.2, 0.25) is 0 Å². The first-order valence-electron chi connectivity index (χ1n) is 7.36. The smallest absolute Gasteiger partial charge is 0.120 e. The molecule has 2 rings (SSSR count). The van der Waals surface area contributed by atoms with E-state index in [1.165, 1.54) is 49.8 Å². The van der Waals surface area contributed by atoms with Crippen LogP contribution in [0.25, 0.3) is 0 Å². The lowest BCUT2D eigenvalue weighted by Crippen LogP contribution is -2.32. The number of rotatable bonds is 4. The third kappa shape index (κ3) is 3.41. The molecule has 3 nitrogen and oxygen atoms in total. The highest BCUT2D eigenvalue weighted by atomic mass is 16.5. The molecule has 0 bridgehead atoms. The Balaban J connectivity index is 2.22. The van der Waals surface area contributed by atoms with E-state index in [0.717, 1.165) is 5.75 Å². The van der Waals surface area contributed by atoms with Gasteiger partial charge in [0.15, 0.2) is 0 Å². The molecule has 0 heterocycles. The van der Waals surface area contributed by atoms with Crippen molar-refractivity contribution < 1.29 is 4.74 Å². The van der Waals surface area contributed by atoms with Gasteiger partial charge in [-0.1, -0.05) is 31.7 Å². The highest BCUT2D eigenvalue weighted by Gasteiger charge is 2.19. The molecule has 0 unspecified atom stereocenters. The van der Waals surface area contributed by atoms with E-state index in [0.29, 0.717) is 12.6 Å². The maximum Gasteiger partial charge on any atom is 0.120 e. The van der Waals surface area contributed by atoms with Crippen molar-refractivity contribution in [2.75, 3.05) is 19.1 Å². The summed E-state index contributed by atoms with van der Waals surface area (Å²) >= 11 is 0. The first-order chi connectivity index (χ1) is 9.26. The molecule has 0 radical (unpaired) electrons. The second kappa shape index (κ2) is 6.80. The molecule has 1 aliphatic carbocycles. The van der Waals surface area contributed by atoms with Crippen molar-refractivity contribution >= 4 is 5.69 Å². The van der Waals surface area contributed by atoms with Gasteiger partial charge in [0.05, 0.1) is 7.11 Å². The van der Waals surface area contributed by atoms with Crippen molar-refractivity contribution in [2.45, 2.75) is 51.1 Å². The van der Waals surface area contributed by atoms with E-state index >= 15 is 0 Å². The van der Waals surface area contributed by atoms with Gasteiger partial charge in [-0.15, -0.1) is 0 Å². The quantitative estimate of drug-likeness (QED) is 0.846. The van der Waals surface area contributed by atoms with Gasteiger partial charge in [0.1, 0.15) is 5.75 Å². The second-order valence-corrected chi connectivity index (χ2v) is 5.46. The minimum atomic E-state index is 0.580. The third-order valence-electron chi connectivity index (χ3n) is 4.26. The average Bonchev–Trinajstić information content (AvgIpc) is 2.74. The normalized spacial score (nSPS) is 17.0. The SMILES string of the molecule is COc1ccc(CN)c(N(C)C2CCCCCC2)c1. The fourth-order valence-electron chi connectivity index (χ4n) is 3.01. The van der Waals surface area contributed by atoms with Gasteiger partial charge in [0.25, 0.3) is 0 Å². The number of hydrogen-bond acceptors (Lipinski definition) is 3. The molecule has 0 saturated heterocycles. The van der Waals surface area contributed by atoms with Crippen molar-refractivity contribution in [1.82, 2.24) is 0 Å². The van der Waals surface area contributed by atoms with Crippen molar-refractivity contribution in [1.29, 1.82) is 0 Å². The van der Waals surface area contributed by atoms with Gasteiger partial charge in [-0.25, -0.2) is 0 Å². The Labute approximate surface area is 116 Å². The molecule has 19 heavy (non-hydrogen) atoms. The first-order valence-corrected chi connectivity index (χ1v) is 7.36. The molecule has 0 atom stereocenters. The highest BCUT2D eigenvalue weighted by molar-refractivity contribution is 5.57. The zero-order valence-corrected chi connectivity index (χ0v) is 12.2. The van der Waals surface area contributed by atoms with Crippen molar-refractivity contribution in [3.63, 3.8) is 0 Å². The van der Waals surface area contributed by atoms with Gasteiger partial charge in [-0.2, -0.15) is 0 Å².